The van der Waals surface area contributed by atoms with Crippen LogP contribution in [0.1, 0.15) is 54.0 Å². The highest BCUT2D eigenvalue weighted by Gasteiger charge is 2.48. The molecule has 0 unspecified atom stereocenters. The molecule has 52 heavy (non-hydrogen) atoms. The molecule has 6 rings (SSSR count). The maximum atomic E-state index is 14.7. The Morgan fingerprint density at radius 2 is 1.37 bits per heavy atom. The molecule has 0 spiro atoms. The van der Waals surface area contributed by atoms with E-state index in [4.69, 9.17) is 0 Å². The van der Waals surface area contributed by atoms with Crippen molar-refractivity contribution in [2.45, 2.75) is 74.1 Å². The van der Waals surface area contributed by atoms with Crippen LogP contribution in [0.4, 0.5) is 0 Å². The summed E-state index contributed by atoms with van der Waals surface area (Å²) in [6.45, 7) is 1.82. The van der Waals surface area contributed by atoms with Crippen molar-refractivity contribution in [2.75, 3.05) is 13.6 Å². The van der Waals surface area contributed by atoms with Crippen molar-refractivity contribution in [2.24, 2.45) is 5.92 Å². The zero-order valence-electron chi connectivity index (χ0n) is 29.6. The lowest BCUT2D eigenvalue weighted by Gasteiger charge is -2.33. The van der Waals surface area contributed by atoms with Crippen molar-refractivity contribution in [3.8, 4) is 0 Å². The summed E-state index contributed by atoms with van der Waals surface area (Å²) in [5.74, 6) is -1.57. The molecule has 4 aromatic carbocycles. The van der Waals surface area contributed by atoms with Crippen LogP contribution < -0.4 is 20.7 Å². The summed E-state index contributed by atoms with van der Waals surface area (Å²) >= 11 is 0. The van der Waals surface area contributed by atoms with Crippen molar-refractivity contribution in [1.82, 2.24) is 25.6 Å². The van der Waals surface area contributed by atoms with Gasteiger partial charge < -0.3 is 20.9 Å². The number of amides is 3. The van der Waals surface area contributed by atoms with Gasteiger partial charge in [-0.2, -0.15) is 0 Å². The Morgan fingerprint density at radius 3 is 1.96 bits per heavy atom. The molecular formula is C41H47N5O5S. The molecule has 0 aliphatic carbocycles. The van der Waals surface area contributed by atoms with Crippen molar-refractivity contribution in [3.63, 3.8) is 0 Å². The van der Waals surface area contributed by atoms with Gasteiger partial charge in [-0.05, 0) is 74.9 Å². The third-order valence-corrected chi connectivity index (χ3v) is 11.8. The fourth-order valence-corrected chi connectivity index (χ4v) is 8.52. The number of nitrogens with zero attached hydrogens (tertiary/aromatic N) is 1. The predicted molar refractivity (Wildman–Crippen MR) is 201 cm³/mol. The van der Waals surface area contributed by atoms with E-state index in [0.717, 1.165) is 22.3 Å². The number of fused-ring (bicyclic) bond motifs is 1. The Bertz CT molecular complexity index is 1890. The van der Waals surface area contributed by atoms with Crippen LogP contribution in [0.2, 0.25) is 0 Å². The second-order valence-corrected chi connectivity index (χ2v) is 15.5. The first-order valence-corrected chi connectivity index (χ1v) is 19.4. The molecule has 3 amide bonds. The van der Waals surface area contributed by atoms with Gasteiger partial charge in [0.1, 0.15) is 12.1 Å². The number of likely N-dealkylation sites (N-methyl/N-ethyl adjacent to an activating group) is 1. The Morgan fingerprint density at radius 1 is 0.788 bits per heavy atom. The highest BCUT2D eigenvalue weighted by atomic mass is 32.2. The molecule has 2 fully saturated rings. The second-order valence-electron chi connectivity index (χ2n) is 13.8. The molecule has 11 heteroatoms. The standard InChI is InChI=1S/C41H47N5O5S/c1-28-18-23-34(24-19-28)52(50,51)43-27-32-20-21-33-22-25-36(40(48)44-37(30-14-8-4-9-15-30)31-16-10-5-11-17-31)46(33)41(49)38(32)45-39(47)35(42-2)26-29-12-6-3-7-13-29/h3-19,23-24,32-33,35-38,42-43H,20-22,25-27H2,1-2H3,(H,44,48)(H,45,47)/t32-,33+,35-,36+,38+/m1/s1. The van der Waals surface area contributed by atoms with Gasteiger partial charge in [0, 0.05) is 18.5 Å². The fourth-order valence-electron chi connectivity index (χ4n) is 7.43. The summed E-state index contributed by atoms with van der Waals surface area (Å²) in [6, 6.07) is 32.5. The van der Waals surface area contributed by atoms with Gasteiger partial charge in [0.25, 0.3) is 0 Å². The van der Waals surface area contributed by atoms with E-state index in [0.29, 0.717) is 32.1 Å². The van der Waals surface area contributed by atoms with Gasteiger partial charge in [0.15, 0.2) is 0 Å². The van der Waals surface area contributed by atoms with Crippen LogP contribution in [0.25, 0.3) is 0 Å². The summed E-state index contributed by atoms with van der Waals surface area (Å²) in [5.41, 5.74) is 3.72. The van der Waals surface area contributed by atoms with E-state index in [1.165, 1.54) is 0 Å². The molecule has 5 atom stereocenters. The van der Waals surface area contributed by atoms with Crippen molar-refractivity contribution in [1.29, 1.82) is 0 Å². The zero-order chi connectivity index (χ0) is 36.7. The Kier molecular flexibility index (Phi) is 11.8. The average molecular weight is 722 g/mol. The summed E-state index contributed by atoms with van der Waals surface area (Å²) in [5, 5.41) is 9.33. The summed E-state index contributed by atoms with van der Waals surface area (Å²) in [4.78, 5) is 44.7. The number of rotatable bonds is 13. The van der Waals surface area contributed by atoms with Crippen LogP contribution in [0.15, 0.2) is 120 Å². The SMILES string of the molecule is CN[C@H](Cc1ccccc1)C(=O)N[C@@H]1C(=O)N2[C@@H](CC[C@@H]1CNS(=O)(=O)c1ccc(C)cc1)CC[C@H]2C(=O)NC(c1ccccc1)c1ccccc1. The van der Waals surface area contributed by atoms with Gasteiger partial charge in [0.05, 0.1) is 17.0 Å². The van der Waals surface area contributed by atoms with Gasteiger partial charge in [-0.15, -0.1) is 0 Å². The zero-order valence-corrected chi connectivity index (χ0v) is 30.4. The number of benzene rings is 4. The Balaban J connectivity index is 1.26. The van der Waals surface area contributed by atoms with Crippen molar-refractivity contribution in [3.05, 3.63) is 138 Å². The summed E-state index contributed by atoms with van der Waals surface area (Å²) in [6.07, 6.45) is 2.55. The van der Waals surface area contributed by atoms with E-state index >= 15 is 0 Å². The number of sulfonamides is 1. The quantitative estimate of drug-likeness (QED) is 0.163. The van der Waals surface area contributed by atoms with E-state index in [-0.39, 0.29) is 35.2 Å². The number of hydrogen-bond donors (Lipinski definition) is 4. The third-order valence-electron chi connectivity index (χ3n) is 10.3. The Labute approximate surface area is 306 Å². The van der Waals surface area contributed by atoms with Crippen LogP contribution in [0, 0.1) is 12.8 Å². The largest absolute Gasteiger partial charge is 0.343 e. The first-order valence-electron chi connectivity index (χ1n) is 17.9. The molecule has 2 aliphatic heterocycles. The van der Waals surface area contributed by atoms with Crippen LogP contribution in [0.3, 0.4) is 0 Å². The topological polar surface area (TPSA) is 137 Å². The molecule has 272 valence electrons. The molecule has 2 heterocycles. The third kappa shape index (κ3) is 8.61. The van der Waals surface area contributed by atoms with E-state index in [2.05, 4.69) is 20.7 Å². The molecule has 4 N–H and O–H groups in total. The molecule has 2 aliphatic rings. The highest BCUT2D eigenvalue weighted by Crippen LogP contribution is 2.35. The van der Waals surface area contributed by atoms with Crippen LogP contribution in [0.5, 0.6) is 0 Å². The van der Waals surface area contributed by atoms with Crippen molar-refractivity contribution < 1.29 is 22.8 Å². The smallest absolute Gasteiger partial charge is 0.246 e. The van der Waals surface area contributed by atoms with Crippen LogP contribution in [-0.4, -0.2) is 68.8 Å². The summed E-state index contributed by atoms with van der Waals surface area (Å²) in [7, 11) is -2.20. The van der Waals surface area contributed by atoms with Gasteiger partial charge in [-0.25, -0.2) is 13.1 Å². The number of nitrogens with one attached hydrogen (secondary N) is 4. The molecule has 0 saturated carbocycles. The average Bonchev–Trinajstić information content (AvgIpc) is 3.55. The molecule has 4 aromatic rings. The van der Waals surface area contributed by atoms with Crippen LogP contribution >= 0.6 is 0 Å². The van der Waals surface area contributed by atoms with E-state index < -0.39 is 40.1 Å². The lowest BCUT2D eigenvalue weighted by atomic mass is 9.93. The van der Waals surface area contributed by atoms with Gasteiger partial charge in [-0.1, -0.05) is 109 Å². The Hall–Kier alpha value is -4.84. The first kappa shape index (κ1) is 36.9. The maximum Gasteiger partial charge on any atom is 0.246 e. The van der Waals surface area contributed by atoms with Crippen LogP contribution in [-0.2, 0) is 30.8 Å². The molecule has 2 saturated heterocycles. The number of carbonyl (C=O) groups is 3. The fraction of sp³-hybridized carbons (Fsp3) is 0.341. The monoisotopic (exact) mass is 721 g/mol. The summed E-state index contributed by atoms with van der Waals surface area (Å²) < 4.78 is 29.4. The molecule has 0 bridgehead atoms. The molecular weight excluding hydrogens is 675 g/mol. The number of hydrogen-bond acceptors (Lipinski definition) is 6. The minimum Gasteiger partial charge on any atom is -0.343 e. The highest BCUT2D eigenvalue weighted by molar-refractivity contribution is 7.89. The second kappa shape index (κ2) is 16.7. The van der Waals surface area contributed by atoms with E-state index in [1.54, 1.807) is 36.2 Å². The predicted octanol–water partition coefficient (Wildman–Crippen LogP) is 4.26. The molecule has 0 radical (unpaired) electrons. The van der Waals surface area contributed by atoms with E-state index in [1.807, 2.05) is 97.9 Å². The minimum absolute atomic E-state index is 0.0582. The van der Waals surface area contributed by atoms with Gasteiger partial charge in [-0.3, -0.25) is 14.4 Å². The molecule has 10 nitrogen and oxygen atoms in total. The van der Waals surface area contributed by atoms with Crippen molar-refractivity contribution >= 4 is 27.7 Å². The first-order chi connectivity index (χ1) is 25.1. The number of aryl methyl sites for hydroxylation is 1. The lowest BCUT2D eigenvalue weighted by molar-refractivity contribution is -0.143. The maximum absolute atomic E-state index is 14.7. The normalized spacial score (nSPS) is 20.9. The van der Waals surface area contributed by atoms with Gasteiger partial charge in [0.2, 0.25) is 27.7 Å². The van der Waals surface area contributed by atoms with Gasteiger partial charge >= 0.3 is 0 Å². The lowest BCUT2D eigenvalue weighted by Crippen LogP contribution is -2.59. The molecule has 0 aromatic heterocycles. The minimum atomic E-state index is -3.89. The van der Waals surface area contributed by atoms with E-state index in [9.17, 15) is 22.8 Å². The number of carbonyl (C=O) groups excluding carboxylic acids is 3.